The zero-order valence-corrected chi connectivity index (χ0v) is 17.8. The molecule has 2 aromatic carbocycles. The minimum atomic E-state index is -0.747. The summed E-state index contributed by atoms with van der Waals surface area (Å²) in [5.74, 6) is -1.60. The molecule has 1 fully saturated rings. The fourth-order valence-electron chi connectivity index (χ4n) is 3.44. The van der Waals surface area contributed by atoms with Gasteiger partial charge in [0.05, 0.1) is 19.2 Å². The van der Waals surface area contributed by atoms with Gasteiger partial charge in [0.2, 0.25) is 11.8 Å². The lowest BCUT2D eigenvalue weighted by Crippen LogP contribution is -2.41. The number of hydrogen-bond donors (Lipinski definition) is 0. The maximum atomic E-state index is 13.2. The fourth-order valence-corrected chi connectivity index (χ4v) is 3.94. The molecule has 1 atom stereocenters. The van der Waals surface area contributed by atoms with Gasteiger partial charge in [-0.1, -0.05) is 42.5 Å². The van der Waals surface area contributed by atoms with E-state index in [9.17, 15) is 14.4 Å². The first-order valence-electron chi connectivity index (χ1n) is 9.46. The molecule has 1 aliphatic rings. The van der Waals surface area contributed by atoms with Gasteiger partial charge in [0.1, 0.15) is 5.92 Å². The van der Waals surface area contributed by atoms with Crippen molar-refractivity contribution in [2.45, 2.75) is 19.4 Å². The van der Waals surface area contributed by atoms with E-state index in [1.54, 1.807) is 9.80 Å². The third kappa shape index (κ3) is 5.03. The van der Waals surface area contributed by atoms with E-state index >= 15 is 0 Å². The van der Waals surface area contributed by atoms with E-state index in [0.29, 0.717) is 19.5 Å². The molecule has 1 heterocycles. The standard InChI is InChI=1S/C22H23BrN2O4/c1-29-20(26)12-13-24(15-16-7-3-2-4-8-16)21(27)17-11-14-25(22(17)28)19-10-6-5-9-18(19)23/h2-10,17H,11-15H2,1H3. The average molecular weight is 459 g/mol. The van der Waals surface area contributed by atoms with Crippen LogP contribution in [0.1, 0.15) is 18.4 Å². The number of carbonyl (C=O) groups excluding carboxylic acids is 3. The van der Waals surface area contributed by atoms with Gasteiger partial charge in [0, 0.05) is 24.1 Å². The van der Waals surface area contributed by atoms with Crippen molar-refractivity contribution in [3.63, 3.8) is 0 Å². The molecule has 29 heavy (non-hydrogen) atoms. The number of amides is 2. The van der Waals surface area contributed by atoms with Gasteiger partial charge in [-0.25, -0.2) is 0 Å². The molecule has 0 radical (unpaired) electrons. The number of nitrogens with zero attached hydrogens (tertiary/aromatic N) is 2. The molecule has 0 aromatic heterocycles. The van der Waals surface area contributed by atoms with Gasteiger partial charge < -0.3 is 14.5 Å². The number of methoxy groups -OCH3 is 1. The first-order chi connectivity index (χ1) is 14.0. The SMILES string of the molecule is COC(=O)CCN(Cc1ccccc1)C(=O)C1CCN(c2ccccc2Br)C1=O. The summed E-state index contributed by atoms with van der Waals surface area (Å²) < 4.78 is 5.52. The van der Waals surface area contributed by atoms with Crippen LogP contribution in [0, 0.1) is 5.92 Å². The van der Waals surface area contributed by atoms with Crippen LogP contribution in [0.3, 0.4) is 0 Å². The van der Waals surface area contributed by atoms with Crippen molar-refractivity contribution >= 4 is 39.4 Å². The van der Waals surface area contributed by atoms with Gasteiger partial charge in [-0.2, -0.15) is 0 Å². The van der Waals surface area contributed by atoms with Gasteiger partial charge in [0.25, 0.3) is 0 Å². The average Bonchev–Trinajstić information content (AvgIpc) is 3.12. The Kier molecular flexibility index (Phi) is 7.04. The van der Waals surface area contributed by atoms with Crippen molar-refractivity contribution in [1.82, 2.24) is 4.90 Å². The summed E-state index contributed by atoms with van der Waals surface area (Å²) in [6.07, 6.45) is 0.534. The third-order valence-electron chi connectivity index (χ3n) is 4.99. The number of anilines is 1. The van der Waals surface area contributed by atoms with E-state index in [-0.39, 0.29) is 30.7 Å². The molecule has 3 rings (SSSR count). The van der Waals surface area contributed by atoms with E-state index in [1.807, 2.05) is 54.6 Å². The van der Waals surface area contributed by atoms with Crippen LogP contribution in [0.25, 0.3) is 0 Å². The Morgan fingerprint density at radius 3 is 2.52 bits per heavy atom. The summed E-state index contributed by atoms with van der Waals surface area (Å²) in [5.41, 5.74) is 1.70. The highest BCUT2D eigenvalue weighted by Gasteiger charge is 2.40. The van der Waals surface area contributed by atoms with Crippen molar-refractivity contribution in [2.75, 3.05) is 25.1 Å². The summed E-state index contributed by atoms with van der Waals surface area (Å²) >= 11 is 3.47. The van der Waals surface area contributed by atoms with Gasteiger partial charge in [-0.3, -0.25) is 14.4 Å². The van der Waals surface area contributed by atoms with Crippen LogP contribution in [0.4, 0.5) is 5.69 Å². The molecule has 152 valence electrons. The first kappa shape index (κ1) is 21.0. The van der Waals surface area contributed by atoms with Crippen LogP contribution >= 0.6 is 15.9 Å². The molecule has 2 aromatic rings. The molecule has 0 spiro atoms. The molecular weight excluding hydrogens is 436 g/mol. The van der Waals surface area contributed by atoms with Crippen LogP contribution in [-0.2, 0) is 25.7 Å². The zero-order valence-electron chi connectivity index (χ0n) is 16.2. The molecule has 0 N–H and O–H groups in total. The highest BCUT2D eigenvalue weighted by atomic mass is 79.9. The van der Waals surface area contributed by atoms with Gasteiger partial charge in [-0.05, 0) is 40.0 Å². The molecule has 1 saturated heterocycles. The molecular formula is C22H23BrN2O4. The summed E-state index contributed by atoms with van der Waals surface area (Å²) in [7, 11) is 1.32. The summed E-state index contributed by atoms with van der Waals surface area (Å²) in [6.45, 7) is 1.03. The highest BCUT2D eigenvalue weighted by Crippen LogP contribution is 2.32. The number of halogens is 1. The predicted octanol–water partition coefficient (Wildman–Crippen LogP) is 3.39. The smallest absolute Gasteiger partial charge is 0.307 e. The molecule has 0 saturated carbocycles. The van der Waals surface area contributed by atoms with Gasteiger partial charge >= 0.3 is 5.97 Å². The Morgan fingerprint density at radius 2 is 1.83 bits per heavy atom. The molecule has 7 heteroatoms. The molecule has 6 nitrogen and oxygen atoms in total. The predicted molar refractivity (Wildman–Crippen MR) is 113 cm³/mol. The summed E-state index contributed by atoms with van der Waals surface area (Å²) in [5, 5.41) is 0. The first-order valence-corrected chi connectivity index (χ1v) is 10.3. The normalized spacial score (nSPS) is 16.0. The molecule has 0 bridgehead atoms. The Balaban J connectivity index is 1.76. The lowest BCUT2D eigenvalue weighted by molar-refractivity contribution is -0.143. The van der Waals surface area contributed by atoms with Crippen molar-refractivity contribution in [3.8, 4) is 0 Å². The van der Waals surface area contributed by atoms with Crippen molar-refractivity contribution < 1.29 is 19.1 Å². The van der Waals surface area contributed by atoms with E-state index in [4.69, 9.17) is 4.74 Å². The Labute approximate surface area is 178 Å². The van der Waals surface area contributed by atoms with Gasteiger partial charge in [0.15, 0.2) is 0 Å². The number of ether oxygens (including phenoxy) is 1. The van der Waals surface area contributed by atoms with Crippen LogP contribution < -0.4 is 4.90 Å². The maximum Gasteiger partial charge on any atom is 0.307 e. The van der Waals surface area contributed by atoms with Crippen LogP contribution in [-0.4, -0.2) is 42.9 Å². The topological polar surface area (TPSA) is 66.9 Å². The number of carbonyl (C=O) groups is 3. The molecule has 2 amide bonds. The molecule has 1 unspecified atom stereocenters. The quantitative estimate of drug-likeness (QED) is 0.471. The Bertz CT molecular complexity index is 887. The second kappa shape index (κ2) is 9.69. The lowest BCUT2D eigenvalue weighted by Gasteiger charge is -2.25. The lowest BCUT2D eigenvalue weighted by atomic mass is 10.1. The third-order valence-corrected chi connectivity index (χ3v) is 5.66. The number of hydrogen-bond acceptors (Lipinski definition) is 4. The van der Waals surface area contributed by atoms with Crippen LogP contribution in [0.5, 0.6) is 0 Å². The van der Waals surface area contributed by atoms with E-state index in [1.165, 1.54) is 7.11 Å². The fraction of sp³-hybridized carbons (Fsp3) is 0.318. The number of benzene rings is 2. The summed E-state index contributed by atoms with van der Waals surface area (Å²) in [4.78, 5) is 41.1. The summed E-state index contributed by atoms with van der Waals surface area (Å²) in [6, 6.07) is 17.0. The van der Waals surface area contributed by atoms with Crippen molar-refractivity contribution in [1.29, 1.82) is 0 Å². The van der Waals surface area contributed by atoms with E-state index in [0.717, 1.165) is 15.7 Å². The van der Waals surface area contributed by atoms with E-state index in [2.05, 4.69) is 15.9 Å². The second-order valence-electron chi connectivity index (χ2n) is 6.85. The minimum absolute atomic E-state index is 0.0872. The molecule has 0 aliphatic carbocycles. The maximum absolute atomic E-state index is 13.2. The van der Waals surface area contributed by atoms with E-state index < -0.39 is 5.92 Å². The van der Waals surface area contributed by atoms with Crippen molar-refractivity contribution in [2.24, 2.45) is 5.92 Å². The van der Waals surface area contributed by atoms with Crippen LogP contribution in [0.2, 0.25) is 0 Å². The van der Waals surface area contributed by atoms with Gasteiger partial charge in [-0.15, -0.1) is 0 Å². The number of esters is 1. The zero-order chi connectivity index (χ0) is 20.8. The Hall–Kier alpha value is -2.67. The number of rotatable bonds is 7. The highest BCUT2D eigenvalue weighted by molar-refractivity contribution is 9.10. The minimum Gasteiger partial charge on any atom is -0.469 e. The molecule has 1 aliphatic heterocycles. The number of para-hydroxylation sites is 1. The van der Waals surface area contributed by atoms with Crippen LogP contribution in [0.15, 0.2) is 59.1 Å². The Morgan fingerprint density at radius 1 is 1.14 bits per heavy atom. The second-order valence-corrected chi connectivity index (χ2v) is 7.71. The monoisotopic (exact) mass is 458 g/mol. The van der Waals surface area contributed by atoms with Crippen molar-refractivity contribution in [3.05, 3.63) is 64.6 Å². The largest absolute Gasteiger partial charge is 0.469 e.